The van der Waals surface area contributed by atoms with Crippen molar-refractivity contribution in [1.82, 2.24) is 24.6 Å². The van der Waals surface area contributed by atoms with E-state index in [4.69, 9.17) is 10.6 Å². The number of thioether (sulfide) groups is 1. The van der Waals surface area contributed by atoms with E-state index in [9.17, 15) is 24.3 Å². The molecule has 0 aliphatic carbocycles. The van der Waals surface area contributed by atoms with Gasteiger partial charge in [0.15, 0.2) is 24.1 Å². The van der Waals surface area contributed by atoms with E-state index in [0.717, 1.165) is 35.8 Å². The molecule has 5 rings (SSSR count). The topological polar surface area (TPSA) is 206 Å². The van der Waals surface area contributed by atoms with Crippen LogP contribution in [0.2, 0.25) is 0 Å². The zero-order valence-corrected chi connectivity index (χ0v) is 25.2. The third kappa shape index (κ3) is 6.52. The number of carbonyl (C=O) groups excluding carboxylic acids is 3. The number of oxime groups is 1. The average Bonchev–Trinajstić information content (AvgIpc) is 3.45. The minimum Gasteiger partial charge on any atom is -0.477 e. The van der Waals surface area contributed by atoms with Crippen LogP contribution < -0.4 is 20.9 Å². The van der Waals surface area contributed by atoms with Crippen molar-refractivity contribution in [3.63, 3.8) is 0 Å². The van der Waals surface area contributed by atoms with Gasteiger partial charge < -0.3 is 16.2 Å². The van der Waals surface area contributed by atoms with Crippen LogP contribution in [-0.4, -0.2) is 71.1 Å². The molecule has 2 aromatic heterocycles. The van der Waals surface area contributed by atoms with Gasteiger partial charge in [-0.2, -0.15) is 13.9 Å². The Morgan fingerprint density at radius 2 is 1.86 bits per heavy atom. The highest BCUT2D eigenvalue weighted by Gasteiger charge is 2.55. The molecule has 15 nitrogen and oxygen atoms in total. The lowest BCUT2D eigenvalue weighted by molar-refractivity contribution is -0.690. The first-order valence-electron chi connectivity index (χ1n) is 13.5. The number of hydrogen-bond acceptors (Lipinski definition) is 12. The summed E-state index contributed by atoms with van der Waals surface area (Å²) >= 11 is 2.12. The van der Waals surface area contributed by atoms with Crippen LogP contribution in [0, 0.1) is 0 Å². The molecule has 17 heteroatoms. The summed E-state index contributed by atoms with van der Waals surface area (Å²) in [6.45, 7) is 4.24. The summed E-state index contributed by atoms with van der Waals surface area (Å²) in [5, 5.41) is 18.1. The number of fused-ring (bicyclic) bond motifs is 1. The van der Waals surface area contributed by atoms with Gasteiger partial charge in [-0.25, -0.2) is 14.6 Å². The highest BCUT2D eigenvalue weighted by atomic mass is 32.2. The fourth-order valence-electron chi connectivity index (χ4n) is 4.59. The number of rotatable bonds is 10. The van der Waals surface area contributed by atoms with Crippen molar-refractivity contribution < 1.29 is 33.7 Å². The number of nitrogen functional groups attached to an aromatic ring is 1. The Balaban J connectivity index is 1.33. The average molecular weight is 639 g/mol. The molecule has 0 spiro atoms. The van der Waals surface area contributed by atoms with Gasteiger partial charge in [-0.05, 0) is 25.0 Å². The van der Waals surface area contributed by atoms with Crippen molar-refractivity contribution in [3.05, 3.63) is 71.2 Å². The molecule has 2 aliphatic heterocycles. The number of carbonyl (C=O) groups is 4. The van der Waals surface area contributed by atoms with E-state index in [0.29, 0.717) is 17.0 Å². The number of carboxylic acids is 1. The second-order valence-corrected chi connectivity index (χ2v) is 11.5. The lowest BCUT2D eigenvalue weighted by atomic mass is 10.0. The molecule has 44 heavy (non-hydrogen) atoms. The Kier molecular flexibility index (Phi) is 9.15. The highest BCUT2D eigenvalue weighted by Crippen LogP contribution is 2.40. The molecule has 1 saturated heterocycles. The number of carboxylic acid groups (broad SMARTS) is 1. The molecule has 4 heterocycles. The molecule has 5 N–H and O–H groups in total. The highest BCUT2D eigenvalue weighted by molar-refractivity contribution is 8.00. The van der Waals surface area contributed by atoms with E-state index in [2.05, 4.69) is 30.1 Å². The normalized spacial score (nSPS) is 17.9. The number of benzene rings is 1. The van der Waals surface area contributed by atoms with Crippen LogP contribution >= 0.6 is 23.3 Å². The lowest BCUT2D eigenvalue weighted by Gasteiger charge is -2.49. The Morgan fingerprint density at radius 3 is 2.48 bits per heavy atom. The van der Waals surface area contributed by atoms with E-state index >= 15 is 0 Å². The number of hydrogen-bond donors (Lipinski definition) is 4. The Hall–Kier alpha value is -4.90. The maximum absolute atomic E-state index is 13.3. The quantitative estimate of drug-likeness (QED) is 0.0819. The standard InChI is InChI=1S/C27H27N9O6S2/c1-3-15-11-35(12-16(4-2)29-15)10-14-13-43-24-19(23(38)36(24)20(14)25(39)40)31-22(37)18(21-32-26(28)44-34-21)33-42-27(41)30-17-8-6-5-7-9-17/h5-9,11-12,19,24H,3-4,10,13H2,1-2H3,(H4-,28,30,31,32,34,37,39,40,41)/p+1/t19?,24-/m0/s1. The molecule has 2 atom stereocenters. The van der Waals surface area contributed by atoms with Crippen LogP contribution in [0.4, 0.5) is 15.6 Å². The molecule has 0 saturated carbocycles. The predicted octanol–water partition coefficient (Wildman–Crippen LogP) is 1.32. The third-order valence-corrected chi connectivity index (χ3v) is 8.54. The Labute approximate surface area is 259 Å². The van der Waals surface area contributed by atoms with Crippen LogP contribution in [0.25, 0.3) is 0 Å². The molecular formula is C27H28N9O6S2+. The number of aliphatic carboxylic acids is 1. The molecule has 1 unspecified atom stereocenters. The van der Waals surface area contributed by atoms with Crippen LogP contribution in [-0.2, 0) is 38.6 Å². The van der Waals surface area contributed by atoms with Crippen LogP contribution in [0.5, 0.6) is 0 Å². The maximum Gasteiger partial charge on any atom is 0.437 e. The molecule has 0 bridgehead atoms. The molecule has 228 valence electrons. The molecule has 1 fully saturated rings. The van der Waals surface area contributed by atoms with Crippen LogP contribution in [0.3, 0.4) is 0 Å². The van der Waals surface area contributed by atoms with Gasteiger partial charge in [-0.15, -0.1) is 11.8 Å². The van der Waals surface area contributed by atoms with Gasteiger partial charge in [-0.3, -0.25) is 24.6 Å². The number of nitrogens with two attached hydrogens (primary N) is 1. The summed E-state index contributed by atoms with van der Waals surface area (Å²) in [5.41, 5.74) is 7.81. The van der Waals surface area contributed by atoms with Crippen molar-refractivity contribution >= 4 is 63.7 Å². The number of anilines is 2. The first kappa shape index (κ1) is 30.6. The predicted molar refractivity (Wildman–Crippen MR) is 160 cm³/mol. The van der Waals surface area contributed by atoms with Gasteiger partial charge in [0.1, 0.15) is 28.5 Å². The summed E-state index contributed by atoms with van der Waals surface area (Å²) < 4.78 is 5.86. The molecule has 0 radical (unpaired) electrons. The molecule has 2 aliphatic rings. The first-order chi connectivity index (χ1) is 21.2. The van der Waals surface area contributed by atoms with Gasteiger partial charge in [0.05, 0.1) is 0 Å². The zero-order chi connectivity index (χ0) is 31.4. The number of nitrogens with one attached hydrogen (secondary N) is 2. The van der Waals surface area contributed by atoms with Gasteiger partial charge in [-0.1, -0.05) is 37.2 Å². The third-order valence-electron chi connectivity index (χ3n) is 6.66. The lowest BCUT2D eigenvalue weighted by Crippen LogP contribution is -2.71. The smallest absolute Gasteiger partial charge is 0.437 e. The van der Waals surface area contributed by atoms with Crippen molar-refractivity contribution in [2.45, 2.75) is 44.6 Å². The zero-order valence-electron chi connectivity index (χ0n) is 23.6. The van der Waals surface area contributed by atoms with Crippen molar-refractivity contribution in [1.29, 1.82) is 0 Å². The second-order valence-electron chi connectivity index (χ2n) is 9.62. The first-order valence-corrected chi connectivity index (χ1v) is 15.3. The van der Waals surface area contributed by atoms with E-state index in [1.165, 1.54) is 16.7 Å². The summed E-state index contributed by atoms with van der Waals surface area (Å²) in [4.78, 5) is 65.8. The fourth-order valence-corrected chi connectivity index (χ4v) is 6.36. The van der Waals surface area contributed by atoms with E-state index in [1.54, 1.807) is 30.3 Å². The SMILES string of the molecule is CCc1c[n+](CC2=C(C(=O)O)N3C(=O)C(NC(=O)C(=NOC(=O)Nc4ccccc4)c4nsc(N)n4)[C@@H]3SC2)cc(CC)n1. The number of aryl methyl sites for hydroxylation is 2. The van der Waals surface area contributed by atoms with Crippen molar-refractivity contribution in [3.8, 4) is 0 Å². The molecular weight excluding hydrogens is 610 g/mol. The van der Waals surface area contributed by atoms with Gasteiger partial charge in [0.2, 0.25) is 11.5 Å². The Morgan fingerprint density at radius 1 is 1.16 bits per heavy atom. The van der Waals surface area contributed by atoms with Gasteiger partial charge >= 0.3 is 12.1 Å². The van der Waals surface area contributed by atoms with E-state index < -0.39 is 41.0 Å². The van der Waals surface area contributed by atoms with Crippen LogP contribution in [0.15, 0.2) is 59.2 Å². The second kappa shape index (κ2) is 13.2. The number of amides is 3. The minimum absolute atomic E-state index is 0.0379. The number of β-lactam (4-membered cyclic amide) rings is 1. The maximum atomic E-state index is 13.3. The molecule has 3 amide bonds. The number of para-hydroxylation sites is 1. The summed E-state index contributed by atoms with van der Waals surface area (Å²) in [5.74, 6) is -2.66. The Bertz CT molecular complexity index is 1650. The van der Waals surface area contributed by atoms with Crippen molar-refractivity contribution in [2.24, 2.45) is 5.16 Å². The summed E-state index contributed by atoms with van der Waals surface area (Å²) in [6, 6.07) is 7.36. The largest absolute Gasteiger partial charge is 0.477 e. The fraction of sp³-hybridized carbons (Fsp3) is 0.296. The van der Waals surface area contributed by atoms with Crippen molar-refractivity contribution in [2.75, 3.05) is 16.8 Å². The summed E-state index contributed by atoms with van der Waals surface area (Å²) in [6.07, 6.45) is 4.19. The van der Waals surface area contributed by atoms with Gasteiger partial charge in [0, 0.05) is 28.5 Å². The molecule has 3 aromatic rings. The monoisotopic (exact) mass is 638 g/mol. The van der Waals surface area contributed by atoms with E-state index in [-0.39, 0.29) is 23.2 Å². The van der Waals surface area contributed by atoms with Crippen LogP contribution in [0.1, 0.15) is 31.1 Å². The minimum atomic E-state index is -1.24. The van der Waals surface area contributed by atoms with Gasteiger partial charge in [0.25, 0.3) is 11.8 Å². The van der Waals surface area contributed by atoms with E-state index in [1.807, 2.05) is 30.8 Å². The summed E-state index contributed by atoms with van der Waals surface area (Å²) in [7, 11) is 0. The molecule has 1 aromatic carbocycles. The number of aromatic nitrogens is 4. The number of nitrogens with zero attached hydrogens (tertiary/aromatic N) is 6.